The highest BCUT2D eigenvalue weighted by atomic mass is 16.4. The van der Waals surface area contributed by atoms with Crippen LogP contribution in [0.1, 0.15) is 0 Å². The van der Waals surface area contributed by atoms with E-state index >= 15 is 0 Å². The molecule has 0 saturated carbocycles. The molecule has 1 heterocycles. The molecule has 0 spiro atoms. The highest BCUT2D eigenvalue weighted by Gasteiger charge is 1.86. The van der Waals surface area contributed by atoms with Crippen molar-refractivity contribution in [2.45, 2.75) is 0 Å². The van der Waals surface area contributed by atoms with Gasteiger partial charge in [-0.05, 0) is 6.07 Å². The topological polar surface area (TPSA) is 67.5 Å². The number of nitrogens with zero attached hydrogens (tertiary/aromatic N) is 3. The van der Waals surface area contributed by atoms with Crippen molar-refractivity contribution in [3.8, 4) is 0 Å². The van der Waals surface area contributed by atoms with Gasteiger partial charge in [-0.2, -0.15) is 10.1 Å². The Morgan fingerprint density at radius 3 is 3.10 bits per heavy atom. The molecule has 0 fully saturated rings. The zero-order valence-corrected chi connectivity index (χ0v) is 5.01. The van der Waals surface area contributed by atoms with E-state index in [0.717, 1.165) is 6.34 Å². The van der Waals surface area contributed by atoms with E-state index in [1.165, 1.54) is 10.9 Å². The SMILES string of the molecule is O=C(O)N=Cn1cccn1. The fourth-order valence-corrected chi connectivity index (χ4v) is 0.457. The molecule has 0 aliphatic carbocycles. The van der Waals surface area contributed by atoms with Crippen LogP contribution in [0.2, 0.25) is 0 Å². The van der Waals surface area contributed by atoms with Crippen LogP contribution in [0.15, 0.2) is 23.5 Å². The van der Waals surface area contributed by atoms with E-state index in [0.29, 0.717) is 0 Å². The van der Waals surface area contributed by atoms with Gasteiger partial charge in [-0.25, -0.2) is 9.48 Å². The third kappa shape index (κ3) is 1.70. The third-order valence-corrected chi connectivity index (χ3v) is 0.811. The molecule has 0 bridgehead atoms. The number of carboxylic acid groups (broad SMARTS) is 1. The minimum absolute atomic E-state index is 1.11. The summed E-state index contributed by atoms with van der Waals surface area (Å²) >= 11 is 0. The molecular weight excluding hydrogens is 134 g/mol. The molecule has 52 valence electrons. The molecule has 0 unspecified atom stereocenters. The Bertz CT molecular complexity index is 239. The van der Waals surface area contributed by atoms with Gasteiger partial charge in [0.25, 0.3) is 0 Å². The summed E-state index contributed by atoms with van der Waals surface area (Å²) in [6.45, 7) is 0. The lowest BCUT2D eigenvalue weighted by Gasteiger charge is -1.84. The van der Waals surface area contributed by atoms with Gasteiger partial charge in [0.2, 0.25) is 0 Å². The van der Waals surface area contributed by atoms with E-state index in [-0.39, 0.29) is 0 Å². The Hall–Kier alpha value is -1.65. The van der Waals surface area contributed by atoms with Gasteiger partial charge in [0.05, 0.1) is 0 Å². The van der Waals surface area contributed by atoms with Gasteiger partial charge in [-0.1, -0.05) is 0 Å². The highest BCUT2D eigenvalue weighted by Crippen LogP contribution is 1.78. The molecule has 0 saturated heterocycles. The number of hydrogen-bond donors (Lipinski definition) is 1. The van der Waals surface area contributed by atoms with Gasteiger partial charge in [0.1, 0.15) is 6.34 Å². The lowest BCUT2D eigenvalue weighted by Crippen LogP contribution is -1.97. The van der Waals surface area contributed by atoms with Crippen LogP contribution in [0.5, 0.6) is 0 Å². The maximum Gasteiger partial charge on any atom is 0.432 e. The number of aliphatic imine (C=N–C) groups is 1. The van der Waals surface area contributed by atoms with Crippen LogP contribution in [-0.4, -0.2) is 27.3 Å². The summed E-state index contributed by atoms with van der Waals surface area (Å²) in [7, 11) is 0. The molecule has 1 aromatic heterocycles. The van der Waals surface area contributed by atoms with Crippen LogP contribution < -0.4 is 0 Å². The first-order chi connectivity index (χ1) is 4.79. The predicted octanol–water partition coefficient (Wildman–Crippen LogP) is 0.437. The summed E-state index contributed by atoms with van der Waals surface area (Å²) < 4.78 is 1.30. The normalized spacial score (nSPS) is 10.4. The van der Waals surface area contributed by atoms with Crippen LogP contribution in [-0.2, 0) is 0 Å². The predicted molar refractivity (Wildman–Crippen MR) is 34.1 cm³/mol. The van der Waals surface area contributed by atoms with Gasteiger partial charge in [-0.3, -0.25) is 0 Å². The van der Waals surface area contributed by atoms with Crippen molar-refractivity contribution >= 4 is 12.4 Å². The smallest absolute Gasteiger partial charge is 0.432 e. The van der Waals surface area contributed by atoms with Gasteiger partial charge in [0.15, 0.2) is 0 Å². The third-order valence-electron chi connectivity index (χ3n) is 0.811. The van der Waals surface area contributed by atoms with Crippen LogP contribution in [0.3, 0.4) is 0 Å². The minimum Gasteiger partial charge on any atom is -0.463 e. The molecule has 0 radical (unpaired) electrons. The number of amides is 1. The van der Waals surface area contributed by atoms with Crippen molar-refractivity contribution in [1.82, 2.24) is 9.78 Å². The Morgan fingerprint density at radius 1 is 1.80 bits per heavy atom. The first kappa shape index (κ1) is 6.47. The Labute approximate surface area is 56.6 Å². The summed E-state index contributed by atoms with van der Waals surface area (Å²) in [4.78, 5) is 12.9. The van der Waals surface area contributed by atoms with Crippen molar-refractivity contribution in [2.24, 2.45) is 4.99 Å². The summed E-state index contributed by atoms with van der Waals surface area (Å²) in [5.41, 5.74) is 0. The monoisotopic (exact) mass is 139 g/mol. The number of carbonyl (C=O) groups is 1. The van der Waals surface area contributed by atoms with Crippen LogP contribution >= 0.6 is 0 Å². The maximum absolute atomic E-state index is 9.86. The average molecular weight is 139 g/mol. The standard InChI is InChI=1S/C5H5N3O2/c9-5(10)6-4-8-3-1-2-7-8/h1-4H,(H,9,10). The second kappa shape index (κ2) is 2.77. The molecule has 10 heavy (non-hydrogen) atoms. The Morgan fingerprint density at radius 2 is 2.60 bits per heavy atom. The molecule has 1 N–H and O–H groups in total. The molecule has 0 aliphatic heterocycles. The average Bonchev–Trinajstić information content (AvgIpc) is 2.34. The quantitative estimate of drug-likeness (QED) is 0.453. The van der Waals surface area contributed by atoms with E-state index in [1.807, 2.05) is 0 Å². The van der Waals surface area contributed by atoms with Crippen molar-refractivity contribution in [3.63, 3.8) is 0 Å². The fourth-order valence-electron chi connectivity index (χ4n) is 0.457. The second-order valence-corrected chi connectivity index (χ2v) is 1.51. The summed E-state index contributed by atoms with van der Waals surface area (Å²) in [6.07, 6.45) is 3.01. The first-order valence-electron chi connectivity index (χ1n) is 2.55. The van der Waals surface area contributed by atoms with Crippen LogP contribution in [0.4, 0.5) is 4.79 Å². The summed E-state index contributed by atoms with van der Waals surface area (Å²) in [6, 6.07) is 1.67. The molecule has 1 amide bonds. The lowest BCUT2D eigenvalue weighted by atomic mass is 10.8. The van der Waals surface area contributed by atoms with E-state index in [2.05, 4.69) is 10.1 Å². The van der Waals surface area contributed by atoms with E-state index in [9.17, 15) is 4.79 Å². The minimum atomic E-state index is -1.23. The highest BCUT2D eigenvalue weighted by molar-refractivity contribution is 5.77. The van der Waals surface area contributed by atoms with Crippen molar-refractivity contribution < 1.29 is 9.90 Å². The first-order valence-corrected chi connectivity index (χ1v) is 2.55. The van der Waals surface area contributed by atoms with E-state index in [4.69, 9.17) is 5.11 Å². The Balaban J connectivity index is 2.64. The van der Waals surface area contributed by atoms with Gasteiger partial charge in [0, 0.05) is 12.4 Å². The van der Waals surface area contributed by atoms with Crippen molar-refractivity contribution in [3.05, 3.63) is 18.5 Å². The number of hydrogen-bond acceptors (Lipinski definition) is 2. The number of rotatable bonds is 1. The summed E-state index contributed by atoms with van der Waals surface area (Å²) in [5, 5.41) is 11.8. The largest absolute Gasteiger partial charge is 0.463 e. The summed E-state index contributed by atoms with van der Waals surface area (Å²) in [5.74, 6) is 0. The fraction of sp³-hybridized carbons (Fsp3) is 0. The van der Waals surface area contributed by atoms with E-state index in [1.54, 1.807) is 12.3 Å². The molecule has 1 aromatic rings. The van der Waals surface area contributed by atoms with Crippen LogP contribution in [0, 0.1) is 0 Å². The molecule has 1 rings (SSSR count). The molecule has 5 nitrogen and oxygen atoms in total. The van der Waals surface area contributed by atoms with Gasteiger partial charge in [-0.15, -0.1) is 0 Å². The zero-order valence-electron chi connectivity index (χ0n) is 5.01. The zero-order chi connectivity index (χ0) is 7.40. The molecule has 0 aromatic carbocycles. The lowest BCUT2D eigenvalue weighted by molar-refractivity contribution is 0.206. The maximum atomic E-state index is 9.86. The molecular formula is C5H5N3O2. The van der Waals surface area contributed by atoms with Crippen molar-refractivity contribution in [1.29, 1.82) is 0 Å². The molecule has 0 atom stereocenters. The molecule has 5 heteroatoms. The molecule has 0 aliphatic rings. The van der Waals surface area contributed by atoms with Gasteiger partial charge >= 0.3 is 6.09 Å². The van der Waals surface area contributed by atoms with Crippen molar-refractivity contribution in [2.75, 3.05) is 0 Å². The van der Waals surface area contributed by atoms with Crippen LogP contribution in [0.25, 0.3) is 0 Å². The Kier molecular flexibility index (Phi) is 1.79. The van der Waals surface area contributed by atoms with E-state index < -0.39 is 6.09 Å². The van der Waals surface area contributed by atoms with Gasteiger partial charge < -0.3 is 5.11 Å². The number of aromatic nitrogens is 2. The second-order valence-electron chi connectivity index (χ2n) is 1.51.